The van der Waals surface area contributed by atoms with E-state index in [1.54, 1.807) is 0 Å². The van der Waals surface area contributed by atoms with Crippen LogP contribution in [0.3, 0.4) is 0 Å². The Hall–Kier alpha value is -0.0900. The van der Waals surface area contributed by atoms with Crippen LogP contribution in [0.5, 0.6) is 0 Å². The molecule has 0 fully saturated rings. The maximum Gasteiger partial charge on any atom is 0.214 e. The second-order valence-corrected chi connectivity index (χ2v) is 4.71. The van der Waals surface area contributed by atoms with Gasteiger partial charge in [-0.05, 0) is 49.0 Å². The van der Waals surface area contributed by atoms with Crippen molar-refractivity contribution in [3.8, 4) is 0 Å². The second-order valence-electron chi connectivity index (χ2n) is 2.46. The number of hydrogen-bond acceptors (Lipinski definition) is 5. The van der Waals surface area contributed by atoms with E-state index in [4.69, 9.17) is 0 Å². The zero-order valence-electron chi connectivity index (χ0n) is 7.93. The van der Waals surface area contributed by atoms with Gasteiger partial charge in [-0.2, -0.15) is 4.99 Å². The summed E-state index contributed by atoms with van der Waals surface area (Å²) in [7, 11) is 0. The van der Waals surface area contributed by atoms with Crippen LogP contribution in [0, 0.1) is 0 Å². The molecule has 2 unspecified atom stereocenters. The number of hydrogen-bond donors (Lipinski definition) is 0. The van der Waals surface area contributed by atoms with Crippen LogP contribution >= 0.6 is 24.4 Å². The third-order valence-electron chi connectivity index (χ3n) is 1.57. The molecule has 2 atom stereocenters. The van der Waals surface area contributed by atoms with Crippen molar-refractivity contribution in [3.63, 3.8) is 0 Å². The molecule has 0 saturated heterocycles. The van der Waals surface area contributed by atoms with E-state index < -0.39 is 11.2 Å². The highest BCUT2D eigenvalue weighted by Crippen LogP contribution is 2.10. The van der Waals surface area contributed by atoms with E-state index in [-0.39, 0.29) is 5.37 Å². The Morgan fingerprint density at radius 3 is 2.64 bits per heavy atom. The zero-order chi connectivity index (χ0) is 10.8. The molecule has 0 N–H and O–H groups in total. The summed E-state index contributed by atoms with van der Waals surface area (Å²) in [6, 6.07) is 0. The number of aliphatic imine (C=N–C) groups is 2. The second kappa shape index (κ2) is 9.46. The summed E-state index contributed by atoms with van der Waals surface area (Å²) in [5, 5.41) is 4.32. The van der Waals surface area contributed by atoms with Gasteiger partial charge in [0, 0.05) is 13.0 Å². The van der Waals surface area contributed by atoms with Crippen molar-refractivity contribution in [1.29, 1.82) is 0 Å². The highest BCUT2D eigenvalue weighted by Gasteiger charge is 2.18. The number of isothiocyanates is 2. The van der Waals surface area contributed by atoms with Crippen LogP contribution in [0.4, 0.5) is 0 Å². The highest BCUT2D eigenvalue weighted by molar-refractivity contribution is 7.92. The Kier molecular flexibility index (Phi) is 9.40. The quantitative estimate of drug-likeness (QED) is 0.300. The summed E-state index contributed by atoms with van der Waals surface area (Å²) in [4.78, 5) is 7.64. The molecule has 0 aliphatic heterocycles. The predicted octanol–water partition coefficient (Wildman–Crippen LogP) is 2.07. The monoisotopic (exact) mass is 248 g/mol. The predicted molar refractivity (Wildman–Crippen MR) is 66.6 cm³/mol. The van der Waals surface area contributed by atoms with E-state index >= 15 is 0 Å². The molecule has 0 heterocycles. The molecule has 0 bridgehead atoms. The van der Waals surface area contributed by atoms with Crippen molar-refractivity contribution in [2.75, 3.05) is 12.3 Å². The summed E-state index contributed by atoms with van der Waals surface area (Å²) in [6.45, 7) is 2.46. The molecule has 0 aliphatic carbocycles. The first-order valence-corrected chi connectivity index (χ1v) is 6.43. The van der Waals surface area contributed by atoms with Gasteiger partial charge >= 0.3 is 0 Å². The number of nitrogens with zero attached hydrogens (tertiary/aromatic N) is 2. The topological polar surface area (TPSA) is 47.8 Å². The van der Waals surface area contributed by atoms with Gasteiger partial charge in [-0.1, -0.05) is 0 Å². The minimum absolute atomic E-state index is 0.238. The van der Waals surface area contributed by atoms with E-state index in [1.165, 1.54) is 0 Å². The van der Waals surface area contributed by atoms with Gasteiger partial charge in [0.1, 0.15) is 5.75 Å². The molecule has 0 amide bonds. The van der Waals surface area contributed by atoms with Crippen LogP contribution in [-0.4, -0.2) is 32.5 Å². The largest absolute Gasteiger partial charge is 0.615 e. The molecule has 0 aromatic heterocycles. The van der Waals surface area contributed by atoms with Gasteiger partial charge in [0.2, 0.25) is 5.37 Å². The van der Waals surface area contributed by atoms with Gasteiger partial charge in [-0.25, -0.2) is 4.99 Å². The van der Waals surface area contributed by atoms with Crippen molar-refractivity contribution < 1.29 is 4.55 Å². The van der Waals surface area contributed by atoms with Gasteiger partial charge < -0.3 is 4.55 Å². The SMILES string of the molecule is CC[S+]([O-])C(CCCN=C=S)N=C=S. The van der Waals surface area contributed by atoms with Gasteiger partial charge in [-0.15, -0.1) is 0 Å². The summed E-state index contributed by atoms with van der Waals surface area (Å²) >= 11 is 7.97. The van der Waals surface area contributed by atoms with Crippen LogP contribution in [-0.2, 0) is 11.2 Å². The molecule has 0 aliphatic rings. The van der Waals surface area contributed by atoms with Crippen LogP contribution in [0.15, 0.2) is 9.98 Å². The number of rotatable bonds is 7. The molecular formula is C8H12N2OS3. The normalized spacial score (nSPS) is 13.6. The lowest BCUT2D eigenvalue weighted by Gasteiger charge is -2.14. The fourth-order valence-electron chi connectivity index (χ4n) is 0.897. The van der Waals surface area contributed by atoms with E-state index in [0.29, 0.717) is 18.7 Å². The summed E-state index contributed by atoms with van der Waals surface area (Å²) in [6.07, 6.45) is 1.49. The Balaban J connectivity index is 3.96. The molecule has 0 spiro atoms. The molecule has 0 aromatic rings. The Morgan fingerprint density at radius 2 is 2.14 bits per heavy atom. The Labute approximate surface area is 97.9 Å². The van der Waals surface area contributed by atoms with Crippen LogP contribution in [0.1, 0.15) is 19.8 Å². The van der Waals surface area contributed by atoms with Gasteiger partial charge in [-0.3, -0.25) is 0 Å². The summed E-state index contributed by atoms with van der Waals surface area (Å²) in [5.41, 5.74) is 0. The Morgan fingerprint density at radius 1 is 1.43 bits per heavy atom. The van der Waals surface area contributed by atoms with Gasteiger partial charge in [0.15, 0.2) is 0 Å². The lowest BCUT2D eigenvalue weighted by Crippen LogP contribution is -2.21. The van der Waals surface area contributed by atoms with Gasteiger partial charge in [0.25, 0.3) is 0 Å². The minimum atomic E-state index is -0.954. The first-order valence-electron chi connectivity index (χ1n) is 4.24. The Bertz CT molecular complexity index is 247. The first-order chi connectivity index (χ1) is 6.76. The lowest BCUT2D eigenvalue weighted by atomic mass is 10.3. The molecule has 0 radical (unpaired) electrons. The maximum absolute atomic E-state index is 11.4. The highest BCUT2D eigenvalue weighted by atomic mass is 32.2. The molecular weight excluding hydrogens is 236 g/mol. The van der Waals surface area contributed by atoms with Crippen LogP contribution in [0.2, 0.25) is 0 Å². The standard InChI is InChI=1S/C8H12N2OS3/c1-2-14(11)8(10-7-13)4-3-5-9-6-12/h8H,2-5H2,1H3. The average Bonchev–Trinajstić information content (AvgIpc) is 2.21. The van der Waals surface area contributed by atoms with E-state index in [2.05, 4.69) is 44.7 Å². The molecule has 0 saturated carbocycles. The van der Waals surface area contributed by atoms with Crippen LogP contribution < -0.4 is 0 Å². The zero-order valence-corrected chi connectivity index (χ0v) is 10.4. The summed E-state index contributed by atoms with van der Waals surface area (Å²) in [5.74, 6) is 0.585. The summed E-state index contributed by atoms with van der Waals surface area (Å²) < 4.78 is 11.4. The molecule has 0 rings (SSSR count). The average molecular weight is 248 g/mol. The van der Waals surface area contributed by atoms with Crippen molar-refractivity contribution in [2.24, 2.45) is 9.98 Å². The first kappa shape index (κ1) is 13.9. The molecule has 6 heteroatoms. The number of thiocarbonyl (C=S) groups is 2. The molecule has 78 valence electrons. The van der Waals surface area contributed by atoms with E-state index in [0.717, 1.165) is 6.42 Å². The van der Waals surface area contributed by atoms with Crippen LogP contribution in [0.25, 0.3) is 0 Å². The van der Waals surface area contributed by atoms with Gasteiger partial charge in [0.05, 0.1) is 10.3 Å². The molecule has 14 heavy (non-hydrogen) atoms. The van der Waals surface area contributed by atoms with Crippen molar-refractivity contribution >= 4 is 45.9 Å². The molecule has 0 aromatic carbocycles. The fourth-order valence-corrected chi connectivity index (χ4v) is 2.17. The molecule has 3 nitrogen and oxygen atoms in total. The fraction of sp³-hybridized carbons (Fsp3) is 0.750. The van der Waals surface area contributed by atoms with Crippen molar-refractivity contribution in [1.82, 2.24) is 0 Å². The minimum Gasteiger partial charge on any atom is -0.615 e. The van der Waals surface area contributed by atoms with E-state index in [1.807, 2.05) is 6.92 Å². The smallest absolute Gasteiger partial charge is 0.214 e. The maximum atomic E-state index is 11.4. The lowest BCUT2D eigenvalue weighted by molar-refractivity contribution is 0.571. The van der Waals surface area contributed by atoms with E-state index in [9.17, 15) is 4.55 Å². The van der Waals surface area contributed by atoms with Crippen molar-refractivity contribution in [2.45, 2.75) is 25.1 Å². The third-order valence-corrected chi connectivity index (χ3v) is 3.32. The third kappa shape index (κ3) is 6.38. The van der Waals surface area contributed by atoms with Crippen molar-refractivity contribution in [3.05, 3.63) is 0 Å².